The van der Waals surface area contributed by atoms with Gasteiger partial charge in [0.05, 0.1) is 17.7 Å². The van der Waals surface area contributed by atoms with Gasteiger partial charge in [-0.3, -0.25) is 4.79 Å². The predicted molar refractivity (Wildman–Crippen MR) is 124 cm³/mol. The highest BCUT2D eigenvalue weighted by atomic mass is 28.3. The van der Waals surface area contributed by atoms with Crippen LogP contribution in [0.4, 0.5) is 0 Å². The van der Waals surface area contributed by atoms with Gasteiger partial charge in [0.2, 0.25) is 5.91 Å². The van der Waals surface area contributed by atoms with Crippen LogP contribution in [0.5, 0.6) is 0 Å². The summed E-state index contributed by atoms with van der Waals surface area (Å²) in [7, 11) is -1.90. The number of ether oxygens (including phenoxy) is 2. The molecule has 2 N–H and O–H groups in total. The molecule has 180 valence electrons. The number of hydrogen-bond acceptors (Lipinski definition) is 7. The van der Waals surface area contributed by atoms with Gasteiger partial charge in [-0.2, -0.15) is 0 Å². The van der Waals surface area contributed by atoms with Crippen LogP contribution in [0.2, 0.25) is 19.6 Å². The van der Waals surface area contributed by atoms with Gasteiger partial charge in [-0.15, -0.1) is 0 Å². The minimum Gasteiger partial charge on any atom is -0.474 e. The third-order valence-corrected chi connectivity index (χ3v) is 7.21. The van der Waals surface area contributed by atoms with E-state index < -0.39 is 43.3 Å². The molecule has 1 aliphatic rings. The van der Waals surface area contributed by atoms with E-state index >= 15 is 0 Å². The minimum absolute atomic E-state index is 0.122. The first kappa shape index (κ1) is 26.1. The maximum atomic E-state index is 13.4. The molecular formula is C23H38N2O6Si. The standard InChI is InChI=1S/C23H38N2O6Si/c1-13(2)17(30-18(26)19(27)31-22(5,6)7)23(24)16(25(14(3)4)21(23)28)15-11-12-29-20(15)32(8,9)10/h11-14,16-17H,24H2,1-10H3/t16-,17-,23-/m0/s1. The number of rotatable bonds is 6. The number of carbonyl (C=O) groups is 3. The van der Waals surface area contributed by atoms with Crippen molar-refractivity contribution >= 4 is 31.3 Å². The Morgan fingerprint density at radius 1 is 1.16 bits per heavy atom. The molecule has 0 aromatic carbocycles. The Hall–Kier alpha value is -2.13. The van der Waals surface area contributed by atoms with Crippen molar-refractivity contribution in [2.24, 2.45) is 11.7 Å². The SMILES string of the molecule is CC(C)[C@H](OC(=O)C(=O)OC(C)(C)C)[C@]1(N)C(=O)N(C(C)C)[C@H]1c1ccoc1[Si](C)(C)C. The van der Waals surface area contributed by atoms with Gasteiger partial charge in [-0.05, 0) is 46.6 Å². The molecule has 1 amide bonds. The van der Waals surface area contributed by atoms with E-state index in [1.165, 1.54) is 0 Å². The molecule has 1 aliphatic heterocycles. The Kier molecular flexibility index (Phi) is 7.07. The Bertz CT molecular complexity index is 880. The van der Waals surface area contributed by atoms with E-state index in [0.717, 1.165) is 10.9 Å². The molecule has 3 atom stereocenters. The molecule has 1 fully saturated rings. The third kappa shape index (κ3) is 4.78. The largest absolute Gasteiger partial charge is 0.474 e. The Labute approximate surface area is 191 Å². The van der Waals surface area contributed by atoms with Crippen molar-refractivity contribution in [2.75, 3.05) is 0 Å². The van der Waals surface area contributed by atoms with Crippen LogP contribution in [-0.2, 0) is 23.9 Å². The van der Waals surface area contributed by atoms with Crippen LogP contribution in [0.3, 0.4) is 0 Å². The number of amides is 1. The molecule has 0 radical (unpaired) electrons. The van der Waals surface area contributed by atoms with Gasteiger partial charge in [0.15, 0.2) is 5.54 Å². The lowest BCUT2D eigenvalue weighted by Gasteiger charge is -2.58. The van der Waals surface area contributed by atoms with Crippen molar-refractivity contribution in [3.05, 3.63) is 17.9 Å². The van der Waals surface area contributed by atoms with Gasteiger partial charge in [-0.25, -0.2) is 9.59 Å². The Balaban J connectivity index is 2.50. The van der Waals surface area contributed by atoms with Gasteiger partial charge >= 0.3 is 11.9 Å². The van der Waals surface area contributed by atoms with E-state index in [9.17, 15) is 14.4 Å². The van der Waals surface area contributed by atoms with Gasteiger partial charge < -0.3 is 24.5 Å². The fourth-order valence-corrected chi connectivity index (χ4v) is 5.76. The Morgan fingerprint density at radius 3 is 2.16 bits per heavy atom. The number of nitrogens with zero attached hydrogens (tertiary/aromatic N) is 1. The second-order valence-corrected chi connectivity index (χ2v) is 16.1. The van der Waals surface area contributed by atoms with Crippen LogP contribution in [-0.4, -0.2) is 54.1 Å². The fourth-order valence-electron chi connectivity index (χ4n) is 4.25. The molecule has 0 spiro atoms. The molecule has 1 saturated heterocycles. The van der Waals surface area contributed by atoms with Crippen LogP contribution < -0.4 is 11.1 Å². The number of furan rings is 1. The number of hydrogen-bond donors (Lipinski definition) is 1. The van der Waals surface area contributed by atoms with E-state index in [1.54, 1.807) is 45.8 Å². The van der Waals surface area contributed by atoms with E-state index in [2.05, 4.69) is 19.6 Å². The van der Waals surface area contributed by atoms with Crippen LogP contribution in [0.15, 0.2) is 16.7 Å². The van der Waals surface area contributed by atoms with Crippen molar-refractivity contribution in [3.63, 3.8) is 0 Å². The van der Waals surface area contributed by atoms with Gasteiger partial charge in [-0.1, -0.05) is 33.5 Å². The number of carbonyl (C=O) groups excluding carboxylic acids is 3. The third-order valence-electron chi connectivity index (χ3n) is 5.44. The Morgan fingerprint density at radius 2 is 1.72 bits per heavy atom. The zero-order valence-corrected chi connectivity index (χ0v) is 21.9. The molecule has 32 heavy (non-hydrogen) atoms. The van der Waals surface area contributed by atoms with E-state index in [-0.39, 0.29) is 17.9 Å². The van der Waals surface area contributed by atoms with Crippen molar-refractivity contribution in [3.8, 4) is 0 Å². The van der Waals surface area contributed by atoms with E-state index in [1.807, 2.05) is 19.9 Å². The van der Waals surface area contributed by atoms with Crippen LogP contribution >= 0.6 is 0 Å². The molecule has 2 heterocycles. The van der Waals surface area contributed by atoms with Gasteiger partial charge in [0, 0.05) is 11.6 Å². The summed E-state index contributed by atoms with van der Waals surface area (Å²) < 4.78 is 16.6. The molecule has 0 aliphatic carbocycles. The topological polar surface area (TPSA) is 112 Å². The molecule has 9 heteroatoms. The summed E-state index contributed by atoms with van der Waals surface area (Å²) in [6, 6.07) is 1.17. The van der Waals surface area contributed by atoms with E-state index in [4.69, 9.17) is 19.6 Å². The molecule has 0 saturated carbocycles. The van der Waals surface area contributed by atoms with Gasteiger partial charge in [0.1, 0.15) is 19.8 Å². The van der Waals surface area contributed by atoms with Crippen LogP contribution in [0.25, 0.3) is 0 Å². The number of nitrogens with two attached hydrogens (primary N) is 1. The highest BCUT2D eigenvalue weighted by molar-refractivity contribution is 6.88. The monoisotopic (exact) mass is 466 g/mol. The first-order valence-electron chi connectivity index (χ1n) is 11.1. The molecule has 2 rings (SSSR count). The quantitative estimate of drug-likeness (QED) is 0.297. The molecular weight excluding hydrogens is 428 g/mol. The maximum absolute atomic E-state index is 13.4. The first-order chi connectivity index (χ1) is 14.4. The van der Waals surface area contributed by atoms with Crippen molar-refractivity contribution in [1.29, 1.82) is 0 Å². The van der Waals surface area contributed by atoms with Crippen molar-refractivity contribution < 1.29 is 28.3 Å². The zero-order chi connectivity index (χ0) is 24.8. The van der Waals surface area contributed by atoms with Crippen molar-refractivity contribution in [1.82, 2.24) is 4.90 Å². The molecule has 1 aromatic heterocycles. The van der Waals surface area contributed by atoms with Crippen LogP contribution in [0, 0.1) is 5.92 Å². The lowest BCUT2D eigenvalue weighted by molar-refractivity contribution is -0.194. The van der Waals surface area contributed by atoms with Crippen LogP contribution in [0.1, 0.15) is 60.1 Å². The summed E-state index contributed by atoms with van der Waals surface area (Å²) in [5, 5.41) is 0.844. The van der Waals surface area contributed by atoms with Gasteiger partial charge in [0.25, 0.3) is 0 Å². The highest BCUT2D eigenvalue weighted by Gasteiger charge is 2.66. The number of likely N-dealkylation sites (tertiary alicyclic amines) is 1. The highest BCUT2D eigenvalue weighted by Crippen LogP contribution is 2.47. The summed E-state index contributed by atoms with van der Waals surface area (Å²) >= 11 is 0. The predicted octanol–water partition coefficient (Wildman–Crippen LogP) is 2.72. The summed E-state index contributed by atoms with van der Waals surface area (Å²) in [5.41, 5.74) is 5.24. The molecule has 0 unspecified atom stereocenters. The second kappa shape index (κ2) is 8.66. The van der Waals surface area contributed by atoms with Crippen molar-refractivity contribution in [2.45, 2.75) is 97.4 Å². The average molecular weight is 467 g/mol. The normalized spacial score (nSPS) is 22.7. The maximum Gasteiger partial charge on any atom is 0.418 e. The molecule has 0 bridgehead atoms. The average Bonchev–Trinajstić information content (AvgIpc) is 3.09. The molecule has 1 aromatic rings. The molecule has 8 nitrogen and oxygen atoms in total. The summed E-state index contributed by atoms with van der Waals surface area (Å²) in [6.07, 6.45) is 0.584. The lowest BCUT2D eigenvalue weighted by atomic mass is 9.69. The number of β-lactam (4-membered cyclic amide) rings is 1. The van der Waals surface area contributed by atoms with E-state index in [0.29, 0.717) is 0 Å². The summed E-state index contributed by atoms with van der Waals surface area (Å²) in [6.45, 7) is 18.9. The second-order valence-electron chi connectivity index (χ2n) is 11.2. The fraction of sp³-hybridized carbons (Fsp3) is 0.696. The minimum atomic E-state index is -1.90. The lowest BCUT2D eigenvalue weighted by Crippen LogP contribution is -2.80. The first-order valence-corrected chi connectivity index (χ1v) is 14.6. The smallest absolute Gasteiger partial charge is 0.418 e. The summed E-state index contributed by atoms with van der Waals surface area (Å²) in [5.74, 6) is -2.91. The number of esters is 2. The summed E-state index contributed by atoms with van der Waals surface area (Å²) in [4.78, 5) is 39.9. The zero-order valence-electron chi connectivity index (χ0n) is 20.9.